The van der Waals surface area contributed by atoms with E-state index in [-0.39, 0.29) is 6.61 Å². The lowest BCUT2D eigenvalue weighted by atomic mass is 10.2. The standard InChI is InChI=1S/C10H7ClN4O/c11-8-3-7(4-12)1-2-9(8)15-6-13-14-10(15)5-16/h1-3,6,16H,5H2. The maximum Gasteiger partial charge on any atom is 0.163 e. The van der Waals surface area contributed by atoms with Gasteiger partial charge in [0.1, 0.15) is 12.9 Å². The van der Waals surface area contributed by atoms with Crippen molar-refractivity contribution in [3.8, 4) is 11.8 Å². The van der Waals surface area contributed by atoms with E-state index in [0.717, 1.165) is 0 Å². The Balaban J connectivity index is 2.53. The highest BCUT2D eigenvalue weighted by Gasteiger charge is 2.09. The third-order valence-electron chi connectivity index (χ3n) is 2.10. The number of nitrogens with zero attached hydrogens (tertiary/aromatic N) is 4. The summed E-state index contributed by atoms with van der Waals surface area (Å²) in [6.07, 6.45) is 1.46. The topological polar surface area (TPSA) is 74.7 Å². The highest BCUT2D eigenvalue weighted by atomic mass is 35.5. The number of hydrogen-bond donors (Lipinski definition) is 1. The molecule has 0 spiro atoms. The fourth-order valence-electron chi connectivity index (χ4n) is 1.34. The molecule has 6 heteroatoms. The molecule has 80 valence electrons. The van der Waals surface area contributed by atoms with E-state index >= 15 is 0 Å². The highest BCUT2D eigenvalue weighted by molar-refractivity contribution is 6.32. The van der Waals surface area contributed by atoms with Gasteiger partial charge in [-0.15, -0.1) is 10.2 Å². The number of benzene rings is 1. The van der Waals surface area contributed by atoms with Crippen molar-refractivity contribution in [3.63, 3.8) is 0 Å². The molecule has 1 aromatic heterocycles. The average molecular weight is 235 g/mol. The number of aliphatic hydroxyl groups is 1. The van der Waals surface area contributed by atoms with Gasteiger partial charge in [-0.2, -0.15) is 5.26 Å². The van der Waals surface area contributed by atoms with Crippen LogP contribution < -0.4 is 0 Å². The zero-order chi connectivity index (χ0) is 11.5. The number of halogens is 1. The maximum atomic E-state index is 9.04. The van der Waals surface area contributed by atoms with E-state index in [4.69, 9.17) is 22.0 Å². The van der Waals surface area contributed by atoms with Crippen LogP contribution in [0.15, 0.2) is 24.5 Å². The summed E-state index contributed by atoms with van der Waals surface area (Å²) in [4.78, 5) is 0. The Bertz CT molecular complexity index is 558. The van der Waals surface area contributed by atoms with Crippen LogP contribution in [0.4, 0.5) is 0 Å². The first-order chi connectivity index (χ1) is 7.76. The van der Waals surface area contributed by atoms with Crippen LogP contribution in [0.3, 0.4) is 0 Å². The summed E-state index contributed by atoms with van der Waals surface area (Å²) in [6.45, 7) is -0.226. The molecule has 0 saturated heterocycles. The third kappa shape index (κ3) is 1.76. The van der Waals surface area contributed by atoms with E-state index < -0.39 is 0 Å². The summed E-state index contributed by atoms with van der Waals surface area (Å²) < 4.78 is 1.57. The Morgan fingerprint density at radius 2 is 2.31 bits per heavy atom. The van der Waals surface area contributed by atoms with Crippen LogP contribution in [-0.4, -0.2) is 19.9 Å². The fourth-order valence-corrected chi connectivity index (χ4v) is 1.61. The van der Waals surface area contributed by atoms with E-state index in [1.165, 1.54) is 6.33 Å². The summed E-state index contributed by atoms with van der Waals surface area (Å²) in [7, 11) is 0. The summed E-state index contributed by atoms with van der Waals surface area (Å²) in [5.41, 5.74) is 1.11. The molecule has 5 nitrogen and oxygen atoms in total. The molecule has 0 aliphatic rings. The lowest BCUT2D eigenvalue weighted by molar-refractivity contribution is 0.269. The Hall–Kier alpha value is -1.90. The van der Waals surface area contributed by atoms with Crippen molar-refractivity contribution in [1.82, 2.24) is 14.8 Å². The van der Waals surface area contributed by atoms with Crippen LogP contribution in [0, 0.1) is 11.3 Å². The van der Waals surface area contributed by atoms with Gasteiger partial charge < -0.3 is 5.11 Å². The minimum absolute atomic E-state index is 0.226. The van der Waals surface area contributed by atoms with E-state index in [9.17, 15) is 0 Å². The van der Waals surface area contributed by atoms with Gasteiger partial charge in [0, 0.05) is 0 Å². The quantitative estimate of drug-likeness (QED) is 0.850. The van der Waals surface area contributed by atoms with Crippen molar-refractivity contribution in [3.05, 3.63) is 40.9 Å². The summed E-state index contributed by atoms with van der Waals surface area (Å²) in [5, 5.41) is 25.6. The normalized spacial score (nSPS) is 10.1. The molecule has 0 radical (unpaired) electrons. The molecule has 1 aromatic carbocycles. The minimum Gasteiger partial charge on any atom is -0.388 e. The van der Waals surface area contributed by atoms with E-state index in [0.29, 0.717) is 22.1 Å². The van der Waals surface area contributed by atoms with Crippen molar-refractivity contribution in [2.24, 2.45) is 0 Å². The van der Waals surface area contributed by atoms with Crippen LogP contribution in [0.5, 0.6) is 0 Å². The molecule has 0 saturated carbocycles. The van der Waals surface area contributed by atoms with Crippen molar-refractivity contribution in [1.29, 1.82) is 5.26 Å². The second kappa shape index (κ2) is 4.31. The zero-order valence-electron chi connectivity index (χ0n) is 8.13. The van der Waals surface area contributed by atoms with Gasteiger partial charge in [0.25, 0.3) is 0 Å². The molecule has 0 aliphatic heterocycles. The first-order valence-corrected chi connectivity index (χ1v) is 4.84. The molecule has 2 aromatic rings. The molecule has 0 aliphatic carbocycles. The summed E-state index contributed by atoms with van der Waals surface area (Å²) in [5.74, 6) is 0.395. The van der Waals surface area contributed by atoms with E-state index in [1.54, 1.807) is 22.8 Å². The predicted molar refractivity (Wildman–Crippen MR) is 57.0 cm³/mol. The molecule has 1 heterocycles. The van der Waals surface area contributed by atoms with Crippen molar-refractivity contribution >= 4 is 11.6 Å². The largest absolute Gasteiger partial charge is 0.388 e. The Morgan fingerprint density at radius 3 is 2.94 bits per heavy atom. The molecule has 0 unspecified atom stereocenters. The Labute approximate surface area is 96.5 Å². The number of hydrogen-bond acceptors (Lipinski definition) is 4. The van der Waals surface area contributed by atoms with Crippen LogP contribution >= 0.6 is 11.6 Å². The molecular weight excluding hydrogens is 228 g/mol. The second-order valence-corrected chi connectivity index (χ2v) is 3.46. The first kappa shape index (κ1) is 10.6. The summed E-state index contributed by atoms with van der Waals surface area (Å²) in [6, 6.07) is 6.87. The van der Waals surface area contributed by atoms with Crippen molar-refractivity contribution in [2.45, 2.75) is 6.61 Å². The highest BCUT2D eigenvalue weighted by Crippen LogP contribution is 2.22. The lowest BCUT2D eigenvalue weighted by Gasteiger charge is -2.06. The van der Waals surface area contributed by atoms with Crippen LogP contribution in [-0.2, 0) is 6.61 Å². The van der Waals surface area contributed by atoms with Gasteiger partial charge in [0.15, 0.2) is 5.82 Å². The number of nitriles is 1. The third-order valence-corrected chi connectivity index (χ3v) is 2.40. The molecule has 2 rings (SSSR count). The predicted octanol–water partition coefficient (Wildman–Crippen LogP) is 1.28. The second-order valence-electron chi connectivity index (χ2n) is 3.05. The van der Waals surface area contributed by atoms with Gasteiger partial charge >= 0.3 is 0 Å². The van der Waals surface area contributed by atoms with E-state index in [2.05, 4.69) is 10.2 Å². The van der Waals surface area contributed by atoms with Gasteiger partial charge in [0.2, 0.25) is 0 Å². The SMILES string of the molecule is N#Cc1ccc(-n2cnnc2CO)c(Cl)c1. The first-order valence-electron chi connectivity index (χ1n) is 4.46. The molecule has 1 N–H and O–H groups in total. The fraction of sp³-hybridized carbons (Fsp3) is 0.100. The molecule has 0 bridgehead atoms. The molecule has 0 atom stereocenters. The Kier molecular flexibility index (Phi) is 2.86. The molecule has 0 fully saturated rings. The monoisotopic (exact) mass is 234 g/mol. The van der Waals surface area contributed by atoms with Crippen molar-refractivity contribution in [2.75, 3.05) is 0 Å². The molecule has 16 heavy (non-hydrogen) atoms. The summed E-state index contributed by atoms with van der Waals surface area (Å²) >= 11 is 6.02. The van der Waals surface area contributed by atoms with Gasteiger partial charge in [0.05, 0.1) is 22.3 Å². The van der Waals surface area contributed by atoms with E-state index in [1.807, 2.05) is 6.07 Å². The van der Waals surface area contributed by atoms with Crippen LogP contribution in [0.2, 0.25) is 5.02 Å². The maximum absolute atomic E-state index is 9.04. The van der Waals surface area contributed by atoms with Gasteiger partial charge in [-0.25, -0.2) is 0 Å². The van der Waals surface area contributed by atoms with Gasteiger partial charge in [-0.3, -0.25) is 4.57 Å². The number of aliphatic hydroxyl groups excluding tert-OH is 1. The van der Waals surface area contributed by atoms with Crippen LogP contribution in [0.1, 0.15) is 11.4 Å². The smallest absolute Gasteiger partial charge is 0.163 e. The molecule has 0 amide bonds. The lowest BCUT2D eigenvalue weighted by Crippen LogP contribution is -2.00. The number of aromatic nitrogens is 3. The number of rotatable bonds is 2. The van der Waals surface area contributed by atoms with Crippen molar-refractivity contribution < 1.29 is 5.11 Å². The van der Waals surface area contributed by atoms with Gasteiger partial charge in [-0.1, -0.05) is 11.6 Å². The minimum atomic E-state index is -0.226. The Morgan fingerprint density at radius 1 is 1.50 bits per heavy atom. The zero-order valence-corrected chi connectivity index (χ0v) is 8.89. The van der Waals surface area contributed by atoms with Gasteiger partial charge in [-0.05, 0) is 18.2 Å². The average Bonchev–Trinajstić information content (AvgIpc) is 2.76. The molecular formula is C10H7ClN4O. The van der Waals surface area contributed by atoms with Crippen LogP contribution in [0.25, 0.3) is 5.69 Å².